The van der Waals surface area contributed by atoms with Gasteiger partial charge in [-0.2, -0.15) is 0 Å². The summed E-state index contributed by atoms with van der Waals surface area (Å²) in [6, 6.07) is 8.50. The lowest BCUT2D eigenvalue weighted by Gasteiger charge is -2.23. The predicted octanol–water partition coefficient (Wildman–Crippen LogP) is 1.80. The molecule has 0 fully saturated rings. The summed E-state index contributed by atoms with van der Waals surface area (Å²) in [5, 5.41) is 0. The van der Waals surface area contributed by atoms with E-state index in [4.69, 9.17) is 4.74 Å². The summed E-state index contributed by atoms with van der Waals surface area (Å²) in [4.78, 5) is 34.8. The molecule has 102 valence electrons. The van der Waals surface area contributed by atoms with Crippen molar-refractivity contribution >= 4 is 18.2 Å². The van der Waals surface area contributed by atoms with Gasteiger partial charge in [0.1, 0.15) is 18.7 Å². The largest absolute Gasteiger partial charge is 0.445 e. The van der Waals surface area contributed by atoms with Crippen molar-refractivity contribution in [2.24, 2.45) is 0 Å². The normalized spacial score (nSPS) is 11.5. The summed E-state index contributed by atoms with van der Waals surface area (Å²) in [6.45, 7) is 2.88. The number of amides is 1. The van der Waals surface area contributed by atoms with Crippen LogP contribution in [0.2, 0.25) is 0 Å². The molecule has 0 bridgehead atoms. The van der Waals surface area contributed by atoms with Gasteiger partial charge in [-0.25, -0.2) is 4.79 Å². The third-order valence-corrected chi connectivity index (χ3v) is 2.52. The fraction of sp³-hybridized carbons (Fsp3) is 0.357. The number of hydrogen-bond donors (Lipinski definition) is 0. The number of ketones is 1. The highest BCUT2D eigenvalue weighted by atomic mass is 16.6. The third-order valence-electron chi connectivity index (χ3n) is 2.52. The highest BCUT2D eigenvalue weighted by molar-refractivity contribution is 5.83. The molecule has 1 rings (SSSR count). The Hall–Kier alpha value is -2.17. The second kappa shape index (κ2) is 7.31. The number of carbonyl (C=O) groups is 3. The summed E-state index contributed by atoms with van der Waals surface area (Å²) in [5.74, 6) is -0.203. The van der Waals surface area contributed by atoms with Crippen LogP contribution < -0.4 is 0 Å². The number of carbonyl (C=O) groups excluding carboxylic acids is 3. The van der Waals surface area contributed by atoms with Gasteiger partial charge < -0.3 is 9.53 Å². The fourth-order valence-corrected chi connectivity index (χ4v) is 1.49. The lowest BCUT2D eigenvalue weighted by atomic mass is 10.2. The second-order valence-electron chi connectivity index (χ2n) is 4.25. The van der Waals surface area contributed by atoms with Crippen LogP contribution in [-0.2, 0) is 20.9 Å². The van der Waals surface area contributed by atoms with Gasteiger partial charge in [0.15, 0.2) is 0 Å². The number of ether oxygens (including phenoxy) is 1. The molecule has 0 N–H and O–H groups in total. The van der Waals surface area contributed by atoms with E-state index >= 15 is 0 Å². The van der Waals surface area contributed by atoms with Crippen molar-refractivity contribution in [3.8, 4) is 0 Å². The molecule has 5 nitrogen and oxygen atoms in total. The van der Waals surface area contributed by atoms with E-state index in [0.717, 1.165) is 10.5 Å². The van der Waals surface area contributed by atoms with E-state index in [1.54, 1.807) is 6.92 Å². The van der Waals surface area contributed by atoms with Crippen LogP contribution in [0.5, 0.6) is 0 Å². The van der Waals surface area contributed by atoms with Crippen LogP contribution in [0.3, 0.4) is 0 Å². The molecular formula is C14H17NO4. The molecule has 1 aromatic rings. The SMILES string of the molecule is CC(=O)CN(C(=O)OCc1ccccc1)[C@@H](C)C=O. The zero-order valence-electron chi connectivity index (χ0n) is 11.0. The summed E-state index contributed by atoms with van der Waals surface area (Å²) in [7, 11) is 0. The van der Waals surface area contributed by atoms with Gasteiger partial charge in [0, 0.05) is 0 Å². The van der Waals surface area contributed by atoms with Crippen LogP contribution >= 0.6 is 0 Å². The Morgan fingerprint density at radius 3 is 2.47 bits per heavy atom. The predicted molar refractivity (Wildman–Crippen MR) is 69.5 cm³/mol. The zero-order chi connectivity index (χ0) is 14.3. The molecule has 5 heteroatoms. The van der Waals surface area contributed by atoms with Gasteiger partial charge in [0.2, 0.25) is 0 Å². The number of nitrogens with zero attached hydrogens (tertiary/aromatic N) is 1. The summed E-state index contributed by atoms with van der Waals surface area (Å²) in [5.41, 5.74) is 0.845. The molecule has 0 spiro atoms. The lowest BCUT2D eigenvalue weighted by molar-refractivity contribution is -0.119. The number of benzene rings is 1. The first-order valence-corrected chi connectivity index (χ1v) is 5.96. The molecule has 0 saturated carbocycles. The Balaban J connectivity index is 2.61. The number of rotatable bonds is 6. The van der Waals surface area contributed by atoms with Gasteiger partial charge in [-0.05, 0) is 19.4 Å². The van der Waals surface area contributed by atoms with Gasteiger partial charge in [-0.3, -0.25) is 9.69 Å². The van der Waals surface area contributed by atoms with Crippen molar-refractivity contribution < 1.29 is 19.1 Å². The van der Waals surface area contributed by atoms with Crippen LogP contribution in [0.15, 0.2) is 30.3 Å². The van der Waals surface area contributed by atoms with Crippen molar-refractivity contribution in [1.82, 2.24) is 4.90 Å². The molecule has 0 unspecified atom stereocenters. The van der Waals surface area contributed by atoms with E-state index in [2.05, 4.69) is 0 Å². The molecule has 0 aromatic heterocycles. The quantitative estimate of drug-likeness (QED) is 0.734. The Bertz CT molecular complexity index is 444. The highest BCUT2D eigenvalue weighted by Crippen LogP contribution is 2.05. The van der Waals surface area contributed by atoms with Crippen LogP contribution in [-0.4, -0.2) is 35.6 Å². The average Bonchev–Trinajstić information content (AvgIpc) is 2.42. The Kier molecular flexibility index (Phi) is 5.73. The second-order valence-corrected chi connectivity index (χ2v) is 4.25. The molecule has 19 heavy (non-hydrogen) atoms. The summed E-state index contributed by atoms with van der Waals surface area (Å²) < 4.78 is 5.09. The molecular weight excluding hydrogens is 246 g/mol. The topological polar surface area (TPSA) is 63.7 Å². The molecule has 0 aliphatic carbocycles. The molecule has 1 atom stereocenters. The van der Waals surface area contributed by atoms with E-state index in [-0.39, 0.29) is 18.9 Å². The first kappa shape index (κ1) is 14.9. The Labute approximate surface area is 112 Å². The van der Waals surface area contributed by atoms with Gasteiger partial charge in [0.25, 0.3) is 0 Å². The number of Topliss-reactive ketones (excluding diaryl/α,β-unsaturated/α-hetero) is 1. The third kappa shape index (κ3) is 4.91. The molecule has 0 aliphatic rings. The first-order valence-electron chi connectivity index (χ1n) is 5.96. The number of aldehydes is 1. The molecule has 1 amide bonds. The minimum Gasteiger partial charge on any atom is -0.445 e. The standard InChI is InChI=1S/C14H17NO4/c1-11(9-16)15(8-12(2)17)14(18)19-10-13-6-4-3-5-7-13/h3-7,9,11H,8,10H2,1-2H3/t11-/m0/s1. The van der Waals surface area contributed by atoms with E-state index in [0.29, 0.717) is 6.29 Å². The minimum absolute atomic E-state index is 0.111. The smallest absolute Gasteiger partial charge is 0.411 e. The van der Waals surface area contributed by atoms with E-state index < -0.39 is 12.1 Å². The van der Waals surface area contributed by atoms with E-state index in [1.807, 2.05) is 30.3 Å². The van der Waals surface area contributed by atoms with Gasteiger partial charge in [-0.15, -0.1) is 0 Å². The molecule has 1 aromatic carbocycles. The first-order chi connectivity index (χ1) is 9.04. The van der Waals surface area contributed by atoms with Crippen molar-refractivity contribution in [2.45, 2.75) is 26.5 Å². The van der Waals surface area contributed by atoms with Gasteiger partial charge in [-0.1, -0.05) is 30.3 Å². The lowest BCUT2D eigenvalue weighted by Crippen LogP contribution is -2.42. The maximum absolute atomic E-state index is 11.8. The highest BCUT2D eigenvalue weighted by Gasteiger charge is 2.22. The van der Waals surface area contributed by atoms with Crippen LogP contribution in [0, 0.1) is 0 Å². The monoisotopic (exact) mass is 263 g/mol. The molecule has 0 heterocycles. The van der Waals surface area contributed by atoms with Crippen molar-refractivity contribution in [2.75, 3.05) is 6.54 Å². The average molecular weight is 263 g/mol. The minimum atomic E-state index is -0.688. The zero-order valence-corrected chi connectivity index (χ0v) is 11.0. The van der Waals surface area contributed by atoms with Crippen molar-refractivity contribution in [1.29, 1.82) is 0 Å². The van der Waals surface area contributed by atoms with Crippen LogP contribution in [0.1, 0.15) is 19.4 Å². The van der Waals surface area contributed by atoms with Crippen LogP contribution in [0.25, 0.3) is 0 Å². The van der Waals surface area contributed by atoms with Gasteiger partial charge >= 0.3 is 6.09 Å². The van der Waals surface area contributed by atoms with E-state index in [9.17, 15) is 14.4 Å². The van der Waals surface area contributed by atoms with Crippen molar-refractivity contribution in [3.63, 3.8) is 0 Å². The summed E-state index contributed by atoms with van der Waals surface area (Å²) >= 11 is 0. The van der Waals surface area contributed by atoms with Crippen LogP contribution in [0.4, 0.5) is 4.79 Å². The Morgan fingerprint density at radius 2 is 1.95 bits per heavy atom. The van der Waals surface area contributed by atoms with Crippen molar-refractivity contribution in [3.05, 3.63) is 35.9 Å². The maximum Gasteiger partial charge on any atom is 0.411 e. The summed E-state index contributed by atoms with van der Waals surface area (Å²) in [6.07, 6.45) is -0.0640. The Morgan fingerprint density at radius 1 is 1.32 bits per heavy atom. The molecule has 0 saturated heterocycles. The maximum atomic E-state index is 11.8. The van der Waals surface area contributed by atoms with Gasteiger partial charge in [0.05, 0.1) is 12.6 Å². The van der Waals surface area contributed by atoms with E-state index in [1.165, 1.54) is 6.92 Å². The molecule has 0 aliphatic heterocycles. The molecule has 0 radical (unpaired) electrons. The fourth-order valence-electron chi connectivity index (χ4n) is 1.49. The number of hydrogen-bond acceptors (Lipinski definition) is 4.